The SMILES string of the molecule is [CH2]C(CCCCCCCC)(OC=C(C)C(=O)O)Oc1ccccc1.[CH2]C[O].[CH2]C[O].[CH2]C[O].[CH2]C[O].[CH2]C[O].[CH2]C[O].[CH2]C[O].[CH2]C[O]. The lowest BCUT2D eigenvalue weighted by Gasteiger charge is -2.30. The second-order valence-electron chi connectivity index (χ2n) is 7.70. The molecular weight excluding hydrogens is 624 g/mol. The Bertz CT molecular complexity index is 623. The molecule has 17 radical (unpaired) electrons. The van der Waals surface area contributed by atoms with Crippen molar-refractivity contribution in [2.24, 2.45) is 0 Å². The van der Waals surface area contributed by atoms with Crippen LogP contribution in [0.1, 0.15) is 58.8 Å². The quantitative estimate of drug-likeness (QED) is 0.103. The van der Waals surface area contributed by atoms with Crippen LogP contribution in [0, 0.1) is 62.3 Å². The number of carboxylic acids is 1. The fourth-order valence-electron chi connectivity index (χ4n) is 2.26. The van der Waals surface area contributed by atoms with Crippen LogP contribution in [0.5, 0.6) is 5.75 Å². The van der Waals surface area contributed by atoms with E-state index in [1.807, 2.05) is 30.3 Å². The highest BCUT2D eigenvalue weighted by Crippen LogP contribution is 2.25. The van der Waals surface area contributed by atoms with Gasteiger partial charge in [-0.2, -0.15) is 0 Å². The molecule has 0 aliphatic carbocycles. The molecule has 277 valence electrons. The number of aliphatic carboxylic acids is 1. The van der Waals surface area contributed by atoms with Gasteiger partial charge in [0.2, 0.25) is 0 Å². The summed E-state index contributed by atoms with van der Waals surface area (Å²) in [6.45, 7) is 29.2. The molecule has 0 heterocycles. The predicted molar refractivity (Wildman–Crippen MR) is 183 cm³/mol. The number of carbonyl (C=O) groups is 1. The minimum atomic E-state index is -1.12. The largest absolute Gasteiger partial charge is 0.478 e. The zero-order valence-corrected chi connectivity index (χ0v) is 29.4. The van der Waals surface area contributed by atoms with E-state index >= 15 is 0 Å². The van der Waals surface area contributed by atoms with Gasteiger partial charge in [-0.3, -0.25) is 0 Å². The smallest absolute Gasteiger partial charge is 0.334 e. The van der Waals surface area contributed by atoms with Crippen molar-refractivity contribution in [2.75, 3.05) is 52.9 Å². The lowest BCUT2D eigenvalue weighted by atomic mass is 10.1. The van der Waals surface area contributed by atoms with E-state index in [4.69, 9.17) is 55.4 Å². The van der Waals surface area contributed by atoms with E-state index in [0.717, 1.165) is 12.8 Å². The van der Waals surface area contributed by atoms with Crippen molar-refractivity contribution in [3.05, 3.63) is 104 Å². The Morgan fingerprint density at radius 2 is 0.958 bits per heavy atom. The normalized spacial score (nSPS) is 10.0. The Balaban J connectivity index is -0.0000000904. The van der Waals surface area contributed by atoms with Crippen molar-refractivity contribution in [2.45, 2.75) is 64.6 Å². The number of unbranched alkanes of at least 4 members (excludes halogenated alkanes) is 5. The summed E-state index contributed by atoms with van der Waals surface area (Å²) in [6, 6.07) is 9.31. The first-order valence-electron chi connectivity index (χ1n) is 14.9. The van der Waals surface area contributed by atoms with Crippen LogP contribution in [0.3, 0.4) is 0 Å². The number of rotatable bonds is 12. The summed E-state index contributed by atoms with van der Waals surface area (Å²) >= 11 is 0. The van der Waals surface area contributed by atoms with E-state index in [1.54, 1.807) is 0 Å². The van der Waals surface area contributed by atoms with Gasteiger partial charge in [-0.15, -0.1) is 0 Å². The lowest BCUT2D eigenvalue weighted by molar-refractivity contribution is -0.134. The van der Waals surface area contributed by atoms with Gasteiger partial charge in [0, 0.05) is 13.3 Å². The van der Waals surface area contributed by atoms with Gasteiger partial charge in [0.25, 0.3) is 5.79 Å². The van der Waals surface area contributed by atoms with Crippen LogP contribution in [0.15, 0.2) is 42.2 Å². The summed E-state index contributed by atoms with van der Waals surface area (Å²) in [4.78, 5) is 10.9. The second kappa shape index (κ2) is 67.0. The monoisotopic (exact) mass is 685 g/mol. The van der Waals surface area contributed by atoms with Crippen LogP contribution in [0.4, 0.5) is 0 Å². The van der Waals surface area contributed by atoms with Crippen molar-refractivity contribution < 1.29 is 60.2 Å². The Hall–Kier alpha value is -2.29. The fourth-order valence-corrected chi connectivity index (χ4v) is 2.26. The molecule has 12 nitrogen and oxygen atoms in total. The van der Waals surface area contributed by atoms with E-state index in [9.17, 15) is 4.79 Å². The minimum absolute atomic E-state index is 0.114. The number of hydrogen-bond donors (Lipinski definition) is 1. The third-order valence-electron chi connectivity index (χ3n) is 3.75. The highest BCUT2D eigenvalue weighted by Gasteiger charge is 2.27. The standard InChI is InChI=1S/C20H29O4.8C2H4O/c1-4-5-6-7-8-12-15-20(3,23-16-17(2)19(21)22)24-18-13-10-9-11-14-18;8*1-2-3/h9-11,13-14,16H,3-8,12,15H2,1-2H3,(H,21,22);8*1-2H2. The van der Waals surface area contributed by atoms with Crippen molar-refractivity contribution >= 4 is 5.97 Å². The van der Waals surface area contributed by atoms with Crippen molar-refractivity contribution in [1.29, 1.82) is 0 Å². The summed E-state index contributed by atoms with van der Waals surface area (Å²) < 4.78 is 11.5. The highest BCUT2D eigenvalue weighted by molar-refractivity contribution is 5.85. The predicted octanol–water partition coefficient (Wildman–Crippen LogP) is 7.36. The molecule has 0 aliphatic rings. The first-order chi connectivity index (χ1) is 22.8. The van der Waals surface area contributed by atoms with Gasteiger partial charge in [-0.25, -0.2) is 45.6 Å². The van der Waals surface area contributed by atoms with Crippen molar-refractivity contribution in [3.8, 4) is 5.75 Å². The molecule has 1 aromatic carbocycles. The molecule has 1 rings (SSSR count). The molecule has 0 saturated heterocycles. The topological polar surface area (TPSA) is 215 Å². The second-order valence-corrected chi connectivity index (χ2v) is 7.70. The van der Waals surface area contributed by atoms with Crippen LogP contribution in [0.25, 0.3) is 0 Å². The molecule has 0 fully saturated rings. The van der Waals surface area contributed by atoms with Gasteiger partial charge in [-0.05, 0) is 80.9 Å². The average Bonchev–Trinajstić information content (AvgIpc) is 3.01. The Labute approximate surface area is 293 Å². The molecule has 12 heteroatoms. The first kappa shape index (κ1) is 64.3. The summed E-state index contributed by atoms with van der Waals surface area (Å²) in [5.41, 5.74) is 0.114. The summed E-state index contributed by atoms with van der Waals surface area (Å²) in [5.74, 6) is -1.49. The van der Waals surface area contributed by atoms with Crippen molar-refractivity contribution in [3.63, 3.8) is 0 Å². The van der Waals surface area contributed by atoms with Gasteiger partial charge < -0.3 is 14.6 Å². The first-order valence-corrected chi connectivity index (χ1v) is 14.9. The molecule has 0 bridgehead atoms. The summed E-state index contributed by atoms with van der Waals surface area (Å²) in [5, 5.41) is 79.5. The molecule has 0 aromatic heterocycles. The molecule has 1 atom stereocenters. The molecule has 48 heavy (non-hydrogen) atoms. The summed E-state index contributed by atoms with van der Waals surface area (Å²) in [6.07, 6.45) is 8.71. The van der Waals surface area contributed by atoms with Gasteiger partial charge in [0.1, 0.15) is 5.75 Å². The fraction of sp³-hybridized carbons (Fsp3) is 0.500. The maximum absolute atomic E-state index is 10.9. The van der Waals surface area contributed by atoms with Gasteiger partial charge in [0.15, 0.2) is 0 Å². The molecular formula is C36H61O12. The van der Waals surface area contributed by atoms with Gasteiger partial charge >= 0.3 is 5.97 Å². The lowest BCUT2D eigenvalue weighted by Crippen LogP contribution is -2.34. The molecule has 0 aliphatic heterocycles. The van der Waals surface area contributed by atoms with Crippen molar-refractivity contribution in [1.82, 2.24) is 0 Å². The number of hydrogen-bond acceptors (Lipinski definition) is 3. The van der Waals surface area contributed by atoms with E-state index in [0.29, 0.717) is 12.2 Å². The van der Waals surface area contributed by atoms with Crippen LogP contribution in [0.2, 0.25) is 0 Å². The third-order valence-corrected chi connectivity index (χ3v) is 3.75. The van der Waals surface area contributed by atoms with E-state index in [2.05, 4.69) is 69.2 Å². The maximum Gasteiger partial charge on any atom is 0.334 e. The third kappa shape index (κ3) is 90.3. The maximum atomic E-state index is 10.9. The van der Waals surface area contributed by atoms with Crippen LogP contribution in [-0.4, -0.2) is 69.7 Å². The molecule has 1 aromatic rings. The van der Waals surface area contributed by atoms with Gasteiger partial charge in [0.05, 0.1) is 64.7 Å². The van der Waals surface area contributed by atoms with E-state index in [-0.39, 0.29) is 58.4 Å². The molecule has 0 saturated carbocycles. The minimum Gasteiger partial charge on any atom is -0.478 e. The Kier molecular flexibility index (Phi) is 89.7. The van der Waals surface area contributed by atoms with Crippen LogP contribution < -0.4 is 4.74 Å². The zero-order valence-electron chi connectivity index (χ0n) is 29.4. The van der Waals surface area contributed by atoms with Crippen LogP contribution in [-0.2, 0) is 50.4 Å². The van der Waals surface area contributed by atoms with E-state index in [1.165, 1.54) is 38.9 Å². The molecule has 1 unspecified atom stereocenters. The van der Waals surface area contributed by atoms with Gasteiger partial charge in [-0.1, -0.05) is 57.2 Å². The number of carboxylic acid groups (broad SMARTS) is 1. The highest BCUT2D eigenvalue weighted by atomic mass is 16.7. The van der Waals surface area contributed by atoms with E-state index < -0.39 is 11.8 Å². The summed E-state index contributed by atoms with van der Waals surface area (Å²) in [7, 11) is 0. The Morgan fingerprint density at radius 1 is 0.646 bits per heavy atom. The molecule has 0 amide bonds. The van der Waals surface area contributed by atoms with Crippen LogP contribution >= 0.6 is 0 Å². The molecule has 1 N–H and O–H groups in total. The number of para-hydroxylation sites is 1. The molecule has 0 spiro atoms. The average molecular weight is 686 g/mol. The zero-order chi connectivity index (χ0) is 39.5. The number of benzene rings is 1. The Morgan fingerprint density at radius 3 is 1.27 bits per heavy atom. The number of ether oxygens (including phenoxy) is 2.